The van der Waals surface area contributed by atoms with E-state index in [0.29, 0.717) is 12.5 Å². The fourth-order valence-electron chi connectivity index (χ4n) is 4.64. The number of fused-ring (bicyclic) bond motifs is 1. The van der Waals surface area contributed by atoms with Crippen molar-refractivity contribution in [1.82, 2.24) is 4.90 Å². The lowest BCUT2D eigenvalue weighted by Crippen LogP contribution is -2.25. The number of likely N-dealkylation sites (tertiary alicyclic amines) is 1. The molecule has 2 atom stereocenters. The minimum absolute atomic E-state index is 0.226. The van der Waals surface area contributed by atoms with Gasteiger partial charge < -0.3 is 19.0 Å². The van der Waals surface area contributed by atoms with Gasteiger partial charge in [-0.3, -0.25) is 4.90 Å². The van der Waals surface area contributed by atoms with Gasteiger partial charge in [0.15, 0.2) is 11.5 Å². The Balaban J connectivity index is 1.37. The summed E-state index contributed by atoms with van der Waals surface area (Å²) in [7, 11) is 0. The van der Waals surface area contributed by atoms with Gasteiger partial charge in [0.25, 0.3) is 0 Å². The second kappa shape index (κ2) is 10.7. The van der Waals surface area contributed by atoms with Crippen LogP contribution in [0.25, 0.3) is 0 Å². The molecule has 4 rings (SSSR count). The summed E-state index contributed by atoms with van der Waals surface area (Å²) in [5.41, 5.74) is 2.48. The summed E-state index contributed by atoms with van der Waals surface area (Å²) in [6.45, 7) is 4.60. The summed E-state index contributed by atoms with van der Waals surface area (Å²) < 4.78 is 16.9. The number of ether oxygens (including phenoxy) is 3. The maximum absolute atomic E-state index is 11.3. The van der Waals surface area contributed by atoms with E-state index >= 15 is 0 Å². The Kier molecular flexibility index (Phi) is 7.47. The Morgan fingerprint density at radius 3 is 2.58 bits per heavy atom. The molecule has 2 heterocycles. The smallest absolute Gasteiger partial charge is 0.231 e. The molecule has 5 heteroatoms. The molecule has 2 aliphatic heterocycles. The van der Waals surface area contributed by atoms with Crippen LogP contribution in [-0.2, 0) is 4.79 Å². The molecule has 2 aromatic rings. The van der Waals surface area contributed by atoms with Crippen LogP contribution >= 0.6 is 0 Å². The van der Waals surface area contributed by atoms with E-state index in [0.717, 1.165) is 49.5 Å². The van der Waals surface area contributed by atoms with Gasteiger partial charge in [-0.15, -0.1) is 0 Å². The molecule has 2 aliphatic rings. The van der Waals surface area contributed by atoms with Crippen molar-refractivity contribution in [2.24, 2.45) is 0 Å². The second-order valence-corrected chi connectivity index (χ2v) is 8.51. The summed E-state index contributed by atoms with van der Waals surface area (Å²) in [4.78, 5) is 13.6. The van der Waals surface area contributed by atoms with Gasteiger partial charge in [0, 0.05) is 12.6 Å². The summed E-state index contributed by atoms with van der Waals surface area (Å²) in [5, 5.41) is 0. The zero-order valence-electron chi connectivity index (χ0n) is 18.4. The highest BCUT2D eigenvalue weighted by atomic mass is 16.7. The van der Waals surface area contributed by atoms with E-state index in [-0.39, 0.29) is 12.8 Å². The first-order chi connectivity index (χ1) is 15.3. The molecule has 0 spiro atoms. The van der Waals surface area contributed by atoms with Gasteiger partial charge in [-0.05, 0) is 54.2 Å². The Morgan fingerprint density at radius 2 is 1.77 bits per heavy atom. The maximum atomic E-state index is 11.3. The number of hydrogen-bond donors (Lipinski definition) is 0. The van der Waals surface area contributed by atoms with Crippen LogP contribution < -0.4 is 14.2 Å². The molecule has 1 saturated heterocycles. The lowest BCUT2D eigenvalue weighted by atomic mass is 9.93. The molecule has 0 unspecified atom stereocenters. The molecule has 0 radical (unpaired) electrons. The standard InChI is InChI=1S/C26H33NO4/c1-2-3-4-5-6-15-29-23-10-7-20(8-11-23)24-16-22(18-27(24)13-14-28)21-9-12-25-26(17-21)31-19-30-25/h7-12,14,17,22,24H,2-6,13,15-16,18-19H2,1H3/t22-,24-/m1/s1. The summed E-state index contributed by atoms with van der Waals surface area (Å²) >= 11 is 0. The van der Waals surface area contributed by atoms with Crippen LogP contribution in [0.3, 0.4) is 0 Å². The topological polar surface area (TPSA) is 48.0 Å². The fourth-order valence-corrected chi connectivity index (χ4v) is 4.64. The van der Waals surface area contributed by atoms with Crippen LogP contribution in [0.1, 0.15) is 68.5 Å². The van der Waals surface area contributed by atoms with Crippen LogP contribution in [0.15, 0.2) is 42.5 Å². The predicted octanol–water partition coefficient (Wildman–Crippen LogP) is 5.49. The molecule has 0 aliphatic carbocycles. The molecule has 31 heavy (non-hydrogen) atoms. The Bertz CT molecular complexity index is 851. The highest BCUT2D eigenvalue weighted by Gasteiger charge is 2.34. The SMILES string of the molecule is CCCCCCCOc1ccc([C@H]2C[C@@H](c3ccc4c(c3)OCO4)CN2CC=O)cc1. The van der Waals surface area contributed by atoms with E-state index in [1.807, 2.05) is 6.07 Å². The van der Waals surface area contributed by atoms with Crippen molar-refractivity contribution >= 4 is 6.29 Å². The molecule has 0 bridgehead atoms. The van der Waals surface area contributed by atoms with Gasteiger partial charge in [-0.2, -0.15) is 0 Å². The van der Waals surface area contributed by atoms with Gasteiger partial charge in [-0.1, -0.05) is 50.8 Å². The van der Waals surface area contributed by atoms with E-state index < -0.39 is 0 Å². The largest absolute Gasteiger partial charge is 0.494 e. The summed E-state index contributed by atoms with van der Waals surface area (Å²) in [6, 6.07) is 14.9. The zero-order valence-corrected chi connectivity index (χ0v) is 18.4. The van der Waals surface area contributed by atoms with Crippen molar-refractivity contribution in [3.63, 3.8) is 0 Å². The molecule has 0 saturated carbocycles. The highest BCUT2D eigenvalue weighted by Crippen LogP contribution is 2.43. The lowest BCUT2D eigenvalue weighted by Gasteiger charge is -2.22. The first kappa shape index (κ1) is 21.7. The zero-order chi connectivity index (χ0) is 21.5. The normalized spacial score (nSPS) is 20.2. The predicted molar refractivity (Wildman–Crippen MR) is 121 cm³/mol. The van der Waals surface area contributed by atoms with Crippen LogP contribution in [0.2, 0.25) is 0 Å². The number of unbranched alkanes of at least 4 members (excludes halogenated alkanes) is 4. The average Bonchev–Trinajstić information content (AvgIpc) is 3.43. The number of nitrogens with zero attached hydrogens (tertiary/aromatic N) is 1. The molecule has 0 aromatic heterocycles. The summed E-state index contributed by atoms with van der Waals surface area (Å²) in [6.07, 6.45) is 8.18. The maximum Gasteiger partial charge on any atom is 0.231 e. The van der Waals surface area contributed by atoms with Crippen molar-refractivity contribution in [3.8, 4) is 17.2 Å². The molecule has 2 aromatic carbocycles. The van der Waals surface area contributed by atoms with Gasteiger partial charge in [0.05, 0.1) is 13.2 Å². The molecular formula is C26H33NO4. The Hall–Kier alpha value is -2.53. The van der Waals surface area contributed by atoms with E-state index in [2.05, 4.69) is 48.2 Å². The summed E-state index contributed by atoms with van der Waals surface area (Å²) in [5.74, 6) is 2.91. The number of carbonyl (C=O) groups excluding carboxylic acids is 1. The van der Waals surface area contributed by atoms with Crippen molar-refractivity contribution in [1.29, 1.82) is 0 Å². The molecule has 1 fully saturated rings. The first-order valence-electron chi connectivity index (χ1n) is 11.6. The fraction of sp³-hybridized carbons (Fsp3) is 0.500. The van der Waals surface area contributed by atoms with Crippen LogP contribution in [0, 0.1) is 0 Å². The lowest BCUT2D eigenvalue weighted by molar-refractivity contribution is -0.109. The minimum Gasteiger partial charge on any atom is -0.494 e. The van der Waals surface area contributed by atoms with Gasteiger partial charge in [-0.25, -0.2) is 0 Å². The van der Waals surface area contributed by atoms with E-state index in [1.165, 1.54) is 36.8 Å². The molecule has 0 amide bonds. The molecular weight excluding hydrogens is 390 g/mol. The number of rotatable bonds is 11. The third-order valence-corrected chi connectivity index (χ3v) is 6.36. The number of benzene rings is 2. The van der Waals surface area contributed by atoms with Crippen LogP contribution in [0.5, 0.6) is 17.2 Å². The third-order valence-electron chi connectivity index (χ3n) is 6.36. The number of carbonyl (C=O) groups is 1. The van der Waals surface area contributed by atoms with Crippen LogP contribution in [-0.4, -0.2) is 37.7 Å². The molecule has 5 nitrogen and oxygen atoms in total. The Labute approximate surface area is 185 Å². The third kappa shape index (κ3) is 5.40. The minimum atomic E-state index is 0.226. The van der Waals surface area contributed by atoms with Gasteiger partial charge >= 0.3 is 0 Å². The second-order valence-electron chi connectivity index (χ2n) is 8.51. The number of aldehydes is 1. The monoisotopic (exact) mass is 423 g/mol. The van der Waals surface area contributed by atoms with Crippen LogP contribution in [0.4, 0.5) is 0 Å². The van der Waals surface area contributed by atoms with Crippen molar-refractivity contribution in [3.05, 3.63) is 53.6 Å². The van der Waals surface area contributed by atoms with Crippen molar-refractivity contribution in [2.75, 3.05) is 26.5 Å². The quantitative estimate of drug-likeness (QED) is 0.353. The highest BCUT2D eigenvalue weighted by molar-refractivity contribution is 5.53. The number of hydrogen-bond acceptors (Lipinski definition) is 5. The van der Waals surface area contributed by atoms with Gasteiger partial charge in [0.2, 0.25) is 6.79 Å². The van der Waals surface area contributed by atoms with E-state index in [1.54, 1.807) is 0 Å². The van der Waals surface area contributed by atoms with Crippen molar-refractivity contribution in [2.45, 2.75) is 57.4 Å². The van der Waals surface area contributed by atoms with Crippen molar-refractivity contribution < 1.29 is 19.0 Å². The first-order valence-corrected chi connectivity index (χ1v) is 11.6. The molecule has 166 valence electrons. The Morgan fingerprint density at radius 1 is 1.00 bits per heavy atom. The van der Waals surface area contributed by atoms with E-state index in [9.17, 15) is 4.79 Å². The average molecular weight is 424 g/mol. The van der Waals surface area contributed by atoms with Gasteiger partial charge in [0.1, 0.15) is 12.0 Å². The molecule has 0 N–H and O–H groups in total. The van der Waals surface area contributed by atoms with E-state index in [4.69, 9.17) is 14.2 Å².